The SMILES string of the molecule is CCN(CC)C(=O)c1cccc(S(=O)N2CC(C#N)C2)c1. The summed E-state index contributed by atoms with van der Waals surface area (Å²) in [5.74, 6) is -0.0770. The second-order valence-corrected chi connectivity index (χ2v) is 6.41. The van der Waals surface area contributed by atoms with Crippen LogP contribution in [0.3, 0.4) is 0 Å². The molecule has 1 fully saturated rings. The third-order valence-corrected chi connectivity index (χ3v) is 5.02. The number of nitrogens with zero attached hydrogens (tertiary/aromatic N) is 3. The van der Waals surface area contributed by atoms with E-state index in [0.29, 0.717) is 36.6 Å². The Labute approximate surface area is 127 Å². The van der Waals surface area contributed by atoms with Gasteiger partial charge in [0.25, 0.3) is 5.91 Å². The summed E-state index contributed by atoms with van der Waals surface area (Å²) in [5.41, 5.74) is 0.557. The van der Waals surface area contributed by atoms with Crippen molar-refractivity contribution in [2.45, 2.75) is 18.7 Å². The van der Waals surface area contributed by atoms with Gasteiger partial charge in [0.15, 0.2) is 0 Å². The molecule has 1 aliphatic rings. The number of amides is 1. The molecule has 0 radical (unpaired) electrons. The van der Waals surface area contributed by atoms with Gasteiger partial charge in [0.2, 0.25) is 0 Å². The largest absolute Gasteiger partial charge is 0.339 e. The van der Waals surface area contributed by atoms with Gasteiger partial charge in [-0.05, 0) is 32.0 Å². The Balaban J connectivity index is 2.13. The molecule has 1 heterocycles. The normalized spacial score (nSPS) is 16.8. The summed E-state index contributed by atoms with van der Waals surface area (Å²) in [7, 11) is -1.30. The lowest BCUT2D eigenvalue weighted by Gasteiger charge is -2.33. The van der Waals surface area contributed by atoms with E-state index in [1.54, 1.807) is 33.5 Å². The molecule has 1 amide bonds. The third-order valence-electron chi connectivity index (χ3n) is 3.60. The highest BCUT2D eigenvalue weighted by Crippen LogP contribution is 2.22. The van der Waals surface area contributed by atoms with E-state index in [4.69, 9.17) is 5.26 Å². The Morgan fingerprint density at radius 1 is 1.43 bits per heavy atom. The minimum atomic E-state index is -1.30. The summed E-state index contributed by atoms with van der Waals surface area (Å²) in [5, 5.41) is 8.76. The Morgan fingerprint density at radius 3 is 2.67 bits per heavy atom. The first-order valence-corrected chi connectivity index (χ1v) is 8.17. The summed E-state index contributed by atoms with van der Waals surface area (Å²) in [4.78, 5) is 14.7. The van der Waals surface area contributed by atoms with Gasteiger partial charge in [0, 0.05) is 31.7 Å². The van der Waals surface area contributed by atoms with Gasteiger partial charge in [-0.25, -0.2) is 8.51 Å². The van der Waals surface area contributed by atoms with Crippen molar-refractivity contribution < 1.29 is 9.00 Å². The molecule has 0 aliphatic carbocycles. The first kappa shape index (κ1) is 15.7. The lowest BCUT2D eigenvalue weighted by Crippen LogP contribution is -2.46. The Hall–Kier alpha value is -1.71. The van der Waals surface area contributed by atoms with Crippen LogP contribution in [0.5, 0.6) is 0 Å². The quantitative estimate of drug-likeness (QED) is 0.831. The molecule has 2 rings (SSSR count). The highest BCUT2D eigenvalue weighted by Gasteiger charge is 2.31. The molecular weight excluding hydrogens is 286 g/mol. The van der Waals surface area contributed by atoms with Crippen LogP contribution >= 0.6 is 0 Å². The molecule has 1 unspecified atom stereocenters. The monoisotopic (exact) mass is 305 g/mol. The van der Waals surface area contributed by atoms with Gasteiger partial charge in [-0.2, -0.15) is 5.26 Å². The van der Waals surface area contributed by atoms with E-state index < -0.39 is 11.0 Å². The lowest BCUT2D eigenvalue weighted by atomic mass is 10.1. The maximum atomic E-state index is 12.4. The predicted molar refractivity (Wildman–Crippen MR) is 80.8 cm³/mol. The van der Waals surface area contributed by atoms with Crippen molar-refractivity contribution in [3.8, 4) is 6.07 Å². The van der Waals surface area contributed by atoms with Gasteiger partial charge < -0.3 is 4.90 Å². The highest BCUT2D eigenvalue weighted by atomic mass is 32.2. The lowest BCUT2D eigenvalue weighted by molar-refractivity contribution is 0.0772. The zero-order valence-electron chi connectivity index (χ0n) is 12.3. The first-order valence-electron chi connectivity index (χ1n) is 7.06. The van der Waals surface area contributed by atoms with Crippen LogP contribution in [-0.4, -0.2) is 45.5 Å². The minimum absolute atomic E-state index is 0.0329. The summed E-state index contributed by atoms with van der Waals surface area (Å²) >= 11 is 0. The van der Waals surface area contributed by atoms with Crippen LogP contribution in [0.25, 0.3) is 0 Å². The van der Waals surface area contributed by atoms with Crippen molar-refractivity contribution in [3.63, 3.8) is 0 Å². The van der Waals surface area contributed by atoms with Crippen LogP contribution in [0.1, 0.15) is 24.2 Å². The summed E-state index contributed by atoms with van der Waals surface area (Å²) in [6.45, 7) is 6.23. The summed E-state index contributed by atoms with van der Waals surface area (Å²) < 4.78 is 14.1. The van der Waals surface area contributed by atoms with Crippen LogP contribution in [0.15, 0.2) is 29.2 Å². The predicted octanol–water partition coefficient (Wildman–Crippen LogP) is 1.65. The fourth-order valence-corrected chi connectivity index (χ4v) is 3.59. The van der Waals surface area contributed by atoms with E-state index in [0.717, 1.165) is 0 Å². The van der Waals surface area contributed by atoms with Crippen molar-refractivity contribution >= 4 is 16.9 Å². The standard InChI is InChI=1S/C15H19N3O2S/c1-3-17(4-2)15(19)13-6-5-7-14(8-13)21(20)18-10-12(9-16)11-18/h5-8,12H,3-4,10-11H2,1-2H3. The molecule has 0 aromatic heterocycles. The summed E-state index contributed by atoms with van der Waals surface area (Å²) in [6.07, 6.45) is 0. The first-order chi connectivity index (χ1) is 10.1. The topological polar surface area (TPSA) is 64.4 Å². The number of carbonyl (C=O) groups excluding carboxylic acids is 1. The van der Waals surface area contributed by atoms with Crippen LogP contribution in [0.2, 0.25) is 0 Å². The van der Waals surface area contributed by atoms with Gasteiger partial charge in [0.05, 0.1) is 16.9 Å². The Bertz CT molecular complexity index is 587. The smallest absolute Gasteiger partial charge is 0.253 e. The zero-order valence-corrected chi connectivity index (χ0v) is 13.1. The van der Waals surface area contributed by atoms with E-state index >= 15 is 0 Å². The van der Waals surface area contributed by atoms with Crippen molar-refractivity contribution in [3.05, 3.63) is 29.8 Å². The molecule has 1 atom stereocenters. The van der Waals surface area contributed by atoms with Gasteiger partial charge >= 0.3 is 0 Å². The van der Waals surface area contributed by atoms with Crippen molar-refractivity contribution in [2.75, 3.05) is 26.2 Å². The Morgan fingerprint density at radius 2 is 2.10 bits per heavy atom. The van der Waals surface area contributed by atoms with E-state index in [1.165, 1.54) is 0 Å². The molecule has 0 saturated carbocycles. The molecule has 0 N–H and O–H groups in total. The van der Waals surface area contributed by atoms with E-state index in [2.05, 4.69) is 6.07 Å². The molecule has 1 saturated heterocycles. The molecule has 1 aliphatic heterocycles. The number of hydrogen-bond donors (Lipinski definition) is 0. The molecule has 1 aromatic carbocycles. The van der Waals surface area contributed by atoms with Gasteiger partial charge in [-0.15, -0.1) is 0 Å². The van der Waals surface area contributed by atoms with Crippen LogP contribution in [0.4, 0.5) is 0 Å². The zero-order chi connectivity index (χ0) is 15.4. The molecule has 5 nitrogen and oxygen atoms in total. The fourth-order valence-electron chi connectivity index (χ4n) is 2.24. The number of nitriles is 1. The molecular formula is C15H19N3O2S. The number of benzene rings is 1. The van der Waals surface area contributed by atoms with Crippen molar-refractivity contribution in [1.82, 2.24) is 9.21 Å². The number of hydrogen-bond acceptors (Lipinski definition) is 3. The summed E-state index contributed by atoms with van der Waals surface area (Å²) in [6, 6.07) is 9.11. The van der Waals surface area contributed by atoms with Crippen molar-refractivity contribution in [1.29, 1.82) is 5.26 Å². The molecule has 6 heteroatoms. The van der Waals surface area contributed by atoms with E-state index in [1.807, 2.05) is 13.8 Å². The van der Waals surface area contributed by atoms with Gasteiger partial charge in [-0.3, -0.25) is 4.79 Å². The fraction of sp³-hybridized carbons (Fsp3) is 0.467. The molecule has 1 aromatic rings. The molecule has 0 bridgehead atoms. The van der Waals surface area contributed by atoms with Gasteiger partial charge in [0.1, 0.15) is 11.0 Å². The minimum Gasteiger partial charge on any atom is -0.339 e. The van der Waals surface area contributed by atoms with E-state index in [-0.39, 0.29) is 11.8 Å². The number of carbonyl (C=O) groups is 1. The molecule has 0 spiro atoms. The highest BCUT2D eigenvalue weighted by molar-refractivity contribution is 7.82. The number of rotatable bonds is 5. The second-order valence-electron chi connectivity index (χ2n) is 4.93. The Kier molecular flexibility index (Phi) is 5.10. The average Bonchev–Trinajstić information content (AvgIpc) is 2.47. The van der Waals surface area contributed by atoms with Crippen LogP contribution < -0.4 is 0 Å². The van der Waals surface area contributed by atoms with Crippen LogP contribution in [-0.2, 0) is 11.0 Å². The second kappa shape index (κ2) is 6.83. The average molecular weight is 305 g/mol. The molecule has 21 heavy (non-hydrogen) atoms. The third kappa shape index (κ3) is 3.31. The van der Waals surface area contributed by atoms with Crippen LogP contribution in [0, 0.1) is 17.2 Å². The maximum absolute atomic E-state index is 12.4. The maximum Gasteiger partial charge on any atom is 0.253 e. The van der Waals surface area contributed by atoms with Crippen molar-refractivity contribution in [2.24, 2.45) is 5.92 Å². The van der Waals surface area contributed by atoms with E-state index in [9.17, 15) is 9.00 Å². The molecule has 112 valence electrons. The van der Waals surface area contributed by atoms with Gasteiger partial charge in [-0.1, -0.05) is 6.07 Å².